The molecular weight excluding hydrogens is 326 g/mol. The first-order chi connectivity index (χ1) is 12.1. The molecule has 0 unspecified atom stereocenters. The average Bonchev–Trinajstić information content (AvgIpc) is 3.11. The van der Waals surface area contributed by atoms with Crippen molar-refractivity contribution >= 4 is 11.6 Å². The van der Waals surface area contributed by atoms with Crippen molar-refractivity contribution in [1.82, 2.24) is 4.90 Å². The Labute approximate surface area is 144 Å². The summed E-state index contributed by atoms with van der Waals surface area (Å²) in [5.74, 6) is -1.50. The third kappa shape index (κ3) is 2.98. The lowest BCUT2D eigenvalue weighted by atomic mass is 10.0. The van der Waals surface area contributed by atoms with Crippen molar-refractivity contribution in [3.63, 3.8) is 0 Å². The van der Waals surface area contributed by atoms with Gasteiger partial charge in [-0.25, -0.2) is 8.78 Å². The van der Waals surface area contributed by atoms with Gasteiger partial charge in [0.05, 0.1) is 11.7 Å². The number of anilines is 1. The van der Waals surface area contributed by atoms with Gasteiger partial charge in [0.15, 0.2) is 0 Å². The molecule has 25 heavy (non-hydrogen) atoms. The first kappa shape index (κ1) is 16.0. The van der Waals surface area contributed by atoms with E-state index < -0.39 is 17.8 Å². The summed E-state index contributed by atoms with van der Waals surface area (Å²) < 4.78 is 33.3. The molecule has 2 atom stereocenters. The van der Waals surface area contributed by atoms with Gasteiger partial charge >= 0.3 is 0 Å². The zero-order valence-electron chi connectivity index (χ0n) is 13.5. The standard InChI is InChI=1S/C19H18F2N2O2/c20-12-7-8-14(16(21)10-12)18-22-17-6-2-1-5-15(17)19(24)23(18)11-13-4-3-9-25-13/h1-2,5-8,10,13,18,22H,3-4,9,11H2/t13-,18+/m1/s1. The molecule has 1 fully saturated rings. The number of para-hydroxylation sites is 1. The number of halogens is 2. The van der Waals surface area contributed by atoms with Crippen LogP contribution in [0, 0.1) is 11.6 Å². The van der Waals surface area contributed by atoms with Crippen LogP contribution in [0.15, 0.2) is 42.5 Å². The maximum atomic E-state index is 14.4. The van der Waals surface area contributed by atoms with Crippen LogP contribution in [0.4, 0.5) is 14.5 Å². The molecule has 1 amide bonds. The zero-order valence-corrected chi connectivity index (χ0v) is 13.5. The Morgan fingerprint density at radius 1 is 1.20 bits per heavy atom. The van der Waals surface area contributed by atoms with Crippen LogP contribution in [-0.2, 0) is 4.74 Å². The summed E-state index contributed by atoms with van der Waals surface area (Å²) in [5, 5.41) is 3.22. The minimum absolute atomic E-state index is 0.0676. The number of hydrogen-bond acceptors (Lipinski definition) is 3. The van der Waals surface area contributed by atoms with Gasteiger partial charge in [-0.15, -0.1) is 0 Å². The van der Waals surface area contributed by atoms with Crippen LogP contribution < -0.4 is 5.32 Å². The number of carbonyl (C=O) groups is 1. The van der Waals surface area contributed by atoms with Gasteiger partial charge in [0.25, 0.3) is 5.91 Å². The molecule has 2 aliphatic rings. The normalized spacial score (nSPS) is 22.6. The molecule has 2 aromatic carbocycles. The van der Waals surface area contributed by atoms with E-state index in [-0.39, 0.29) is 17.6 Å². The maximum Gasteiger partial charge on any atom is 0.257 e. The zero-order chi connectivity index (χ0) is 17.4. The van der Waals surface area contributed by atoms with E-state index in [0.29, 0.717) is 24.4 Å². The first-order valence-electron chi connectivity index (χ1n) is 8.36. The number of ether oxygens (including phenoxy) is 1. The second-order valence-corrected chi connectivity index (χ2v) is 6.35. The van der Waals surface area contributed by atoms with Crippen molar-refractivity contribution < 1.29 is 18.3 Å². The number of rotatable bonds is 3. The van der Waals surface area contributed by atoms with E-state index in [1.807, 2.05) is 6.07 Å². The Kier molecular flexibility index (Phi) is 4.13. The highest BCUT2D eigenvalue weighted by molar-refractivity contribution is 6.01. The third-order valence-corrected chi connectivity index (χ3v) is 4.70. The van der Waals surface area contributed by atoms with Crippen LogP contribution in [0.2, 0.25) is 0 Å². The van der Waals surface area contributed by atoms with Crippen LogP contribution in [0.5, 0.6) is 0 Å². The maximum absolute atomic E-state index is 14.4. The van der Waals surface area contributed by atoms with Crippen LogP contribution in [0.3, 0.4) is 0 Å². The molecule has 4 nitrogen and oxygen atoms in total. The summed E-state index contributed by atoms with van der Waals surface area (Å²) in [6.45, 7) is 1.04. The minimum atomic E-state index is -0.702. The molecule has 0 spiro atoms. The number of fused-ring (bicyclic) bond motifs is 1. The lowest BCUT2D eigenvalue weighted by Gasteiger charge is -2.39. The summed E-state index contributed by atoms with van der Waals surface area (Å²) in [6.07, 6.45) is 1.05. The molecule has 1 saturated heterocycles. The van der Waals surface area contributed by atoms with E-state index in [9.17, 15) is 13.6 Å². The highest BCUT2D eigenvalue weighted by Crippen LogP contribution is 2.35. The topological polar surface area (TPSA) is 41.6 Å². The predicted molar refractivity (Wildman–Crippen MR) is 89.2 cm³/mol. The second-order valence-electron chi connectivity index (χ2n) is 6.35. The number of hydrogen-bond donors (Lipinski definition) is 1. The highest BCUT2D eigenvalue weighted by Gasteiger charge is 2.36. The molecule has 2 heterocycles. The molecule has 6 heteroatoms. The van der Waals surface area contributed by atoms with Crippen molar-refractivity contribution in [2.45, 2.75) is 25.1 Å². The number of amides is 1. The van der Waals surface area contributed by atoms with Gasteiger partial charge in [0.2, 0.25) is 0 Å². The molecule has 130 valence electrons. The van der Waals surface area contributed by atoms with Crippen LogP contribution >= 0.6 is 0 Å². The van der Waals surface area contributed by atoms with Gasteiger partial charge in [-0.2, -0.15) is 0 Å². The Bertz CT molecular complexity index is 806. The van der Waals surface area contributed by atoms with Crippen LogP contribution in [0.1, 0.15) is 34.9 Å². The summed E-state index contributed by atoms with van der Waals surface area (Å²) >= 11 is 0. The predicted octanol–water partition coefficient (Wildman–Crippen LogP) is 3.71. The highest BCUT2D eigenvalue weighted by atomic mass is 19.1. The van der Waals surface area contributed by atoms with Gasteiger partial charge in [-0.3, -0.25) is 4.79 Å². The van der Waals surface area contributed by atoms with Crippen molar-refractivity contribution in [3.8, 4) is 0 Å². The van der Waals surface area contributed by atoms with E-state index in [0.717, 1.165) is 18.9 Å². The van der Waals surface area contributed by atoms with Gasteiger partial charge < -0.3 is 15.0 Å². The Morgan fingerprint density at radius 2 is 2.04 bits per heavy atom. The monoisotopic (exact) mass is 344 g/mol. The summed E-state index contributed by atoms with van der Waals surface area (Å²) in [7, 11) is 0. The number of nitrogens with zero attached hydrogens (tertiary/aromatic N) is 1. The van der Waals surface area contributed by atoms with Gasteiger partial charge in [0, 0.05) is 30.5 Å². The lowest BCUT2D eigenvalue weighted by Crippen LogP contribution is -2.46. The fourth-order valence-electron chi connectivity index (χ4n) is 3.46. The van der Waals surface area contributed by atoms with Crippen LogP contribution in [-0.4, -0.2) is 30.1 Å². The quantitative estimate of drug-likeness (QED) is 0.923. The SMILES string of the molecule is O=C1c2ccccc2N[C@H](c2ccc(F)cc2F)N1C[C@H]1CCCO1. The first-order valence-corrected chi connectivity index (χ1v) is 8.36. The van der Waals surface area contributed by atoms with E-state index in [4.69, 9.17) is 4.74 Å². The van der Waals surface area contributed by atoms with Crippen molar-refractivity contribution in [2.24, 2.45) is 0 Å². The van der Waals surface area contributed by atoms with E-state index in [1.54, 1.807) is 23.1 Å². The Balaban J connectivity index is 1.74. The molecule has 2 aliphatic heterocycles. The molecule has 0 saturated carbocycles. The number of nitrogens with one attached hydrogen (secondary N) is 1. The minimum Gasteiger partial charge on any atom is -0.376 e. The summed E-state index contributed by atoms with van der Waals surface area (Å²) in [4.78, 5) is 14.6. The van der Waals surface area contributed by atoms with Crippen molar-refractivity contribution in [1.29, 1.82) is 0 Å². The number of carbonyl (C=O) groups excluding carboxylic acids is 1. The summed E-state index contributed by atoms with van der Waals surface area (Å²) in [5.41, 5.74) is 1.42. The van der Waals surface area contributed by atoms with Crippen molar-refractivity contribution in [2.75, 3.05) is 18.5 Å². The van der Waals surface area contributed by atoms with Gasteiger partial charge in [0.1, 0.15) is 17.8 Å². The van der Waals surface area contributed by atoms with Gasteiger partial charge in [-0.1, -0.05) is 12.1 Å². The summed E-state index contributed by atoms with van der Waals surface area (Å²) in [6, 6.07) is 10.6. The molecule has 4 rings (SSSR count). The second kappa shape index (κ2) is 6.44. The largest absolute Gasteiger partial charge is 0.376 e. The van der Waals surface area contributed by atoms with E-state index in [2.05, 4.69) is 5.32 Å². The molecule has 1 N–H and O–H groups in total. The van der Waals surface area contributed by atoms with E-state index in [1.165, 1.54) is 12.1 Å². The molecule has 0 radical (unpaired) electrons. The Hall–Kier alpha value is -2.47. The van der Waals surface area contributed by atoms with E-state index >= 15 is 0 Å². The van der Waals surface area contributed by atoms with Crippen molar-refractivity contribution in [3.05, 3.63) is 65.2 Å². The molecule has 0 aliphatic carbocycles. The average molecular weight is 344 g/mol. The molecule has 0 bridgehead atoms. The van der Waals surface area contributed by atoms with Gasteiger partial charge in [-0.05, 0) is 37.1 Å². The third-order valence-electron chi connectivity index (χ3n) is 4.70. The molecule has 2 aromatic rings. The lowest BCUT2D eigenvalue weighted by molar-refractivity contribution is 0.0423. The molecular formula is C19H18F2N2O2. The van der Waals surface area contributed by atoms with Crippen LogP contribution in [0.25, 0.3) is 0 Å². The fourth-order valence-corrected chi connectivity index (χ4v) is 3.46. The Morgan fingerprint density at radius 3 is 2.80 bits per heavy atom. The molecule has 0 aromatic heterocycles. The number of benzene rings is 2. The fraction of sp³-hybridized carbons (Fsp3) is 0.316. The smallest absolute Gasteiger partial charge is 0.257 e.